The van der Waals surface area contributed by atoms with E-state index in [9.17, 15) is 9.59 Å². The van der Waals surface area contributed by atoms with Gasteiger partial charge in [0.2, 0.25) is 11.8 Å². The van der Waals surface area contributed by atoms with E-state index in [0.29, 0.717) is 12.1 Å². The second kappa shape index (κ2) is 7.14. The number of hydrogen-bond acceptors (Lipinski definition) is 3. The van der Waals surface area contributed by atoms with Crippen molar-refractivity contribution >= 4 is 25.3 Å². The second-order valence-corrected chi connectivity index (χ2v) is 5.40. The SMILES string of the molecule is CC(=O)N1CCC(NC2CCN(C(C)=O)C2)CC1.S. The first-order chi connectivity index (χ1) is 8.56. The predicted octanol–water partition coefficient (Wildman–Crippen LogP) is 0.321. The van der Waals surface area contributed by atoms with Crippen molar-refractivity contribution < 1.29 is 9.59 Å². The molecule has 0 aromatic rings. The molecule has 2 fully saturated rings. The molecule has 0 radical (unpaired) electrons. The van der Waals surface area contributed by atoms with Gasteiger partial charge in [-0.1, -0.05) is 0 Å². The molecule has 19 heavy (non-hydrogen) atoms. The van der Waals surface area contributed by atoms with Crippen molar-refractivity contribution in [2.24, 2.45) is 0 Å². The Kier molecular flexibility index (Phi) is 6.13. The van der Waals surface area contributed by atoms with Crippen LogP contribution >= 0.6 is 13.5 Å². The Morgan fingerprint density at radius 3 is 1.84 bits per heavy atom. The fraction of sp³-hybridized carbons (Fsp3) is 0.846. The van der Waals surface area contributed by atoms with Crippen LogP contribution in [0.25, 0.3) is 0 Å². The van der Waals surface area contributed by atoms with Crippen LogP contribution in [-0.4, -0.2) is 59.9 Å². The van der Waals surface area contributed by atoms with Crippen molar-refractivity contribution in [2.75, 3.05) is 26.2 Å². The van der Waals surface area contributed by atoms with Gasteiger partial charge >= 0.3 is 0 Å². The molecule has 1 unspecified atom stereocenters. The van der Waals surface area contributed by atoms with Crippen LogP contribution in [0.3, 0.4) is 0 Å². The van der Waals surface area contributed by atoms with E-state index in [4.69, 9.17) is 0 Å². The van der Waals surface area contributed by atoms with E-state index in [1.54, 1.807) is 13.8 Å². The van der Waals surface area contributed by atoms with Gasteiger partial charge in [0.15, 0.2) is 0 Å². The van der Waals surface area contributed by atoms with Gasteiger partial charge in [0.25, 0.3) is 0 Å². The highest BCUT2D eigenvalue weighted by Crippen LogP contribution is 2.15. The van der Waals surface area contributed by atoms with Crippen LogP contribution in [0.15, 0.2) is 0 Å². The maximum Gasteiger partial charge on any atom is 0.219 e. The fourth-order valence-electron chi connectivity index (χ4n) is 2.88. The summed E-state index contributed by atoms with van der Waals surface area (Å²) in [5, 5.41) is 3.63. The summed E-state index contributed by atoms with van der Waals surface area (Å²) in [6, 6.07) is 0.931. The number of carbonyl (C=O) groups is 2. The van der Waals surface area contributed by atoms with Gasteiger partial charge in [-0.3, -0.25) is 9.59 Å². The Morgan fingerprint density at radius 1 is 0.895 bits per heavy atom. The van der Waals surface area contributed by atoms with Crippen LogP contribution in [-0.2, 0) is 9.59 Å². The maximum absolute atomic E-state index is 11.3. The summed E-state index contributed by atoms with van der Waals surface area (Å²) >= 11 is 0. The lowest BCUT2D eigenvalue weighted by Gasteiger charge is -2.33. The van der Waals surface area contributed by atoms with Crippen molar-refractivity contribution in [1.82, 2.24) is 15.1 Å². The molecule has 5 nitrogen and oxygen atoms in total. The molecule has 2 aliphatic rings. The van der Waals surface area contributed by atoms with Gasteiger partial charge in [-0.25, -0.2) is 0 Å². The molecule has 2 saturated heterocycles. The first kappa shape index (κ1) is 16.3. The van der Waals surface area contributed by atoms with E-state index in [1.165, 1.54) is 0 Å². The zero-order chi connectivity index (χ0) is 13.1. The van der Waals surface area contributed by atoms with E-state index in [1.807, 2.05) is 9.80 Å². The number of carbonyl (C=O) groups excluding carboxylic acids is 2. The molecule has 2 heterocycles. The Labute approximate surface area is 122 Å². The molecule has 0 aliphatic carbocycles. The van der Waals surface area contributed by atoms with E-state index in [-0.39, 0.29) is 25.3 Å². The number of likely N-dealkylation sites (tertiary alicyclic amines) is 2. The van der Waals surface area contributed by atoms with Crippen LogP contribution in [0.1, 0.15) is 33.1 Å². The first-order valence-corrected chi connectivity index (χ1v) is 6.83. The Balaban J connectivity index is 0.00000180. The smallest absolute Gasteiger partial charge is 0.219 e. The van der Waals surface area contributed by atoms with Crippen LogP contribution in [0.2, 0.25) is 0 Å². The van der Waals surface area contributed by atoms with E-state index >= 15 is 0 Å². The van der Waals surface area contributed by atoms with Gasteiger partial charge < -0.3 is 15.1 Å². The van der Waals surface area contributed by atoms with E-state index in [0.717, 1.165) is 45.4 Å². The van der Waals surface area contributed by atoms with Crippen molar-refractivity contribution in [1.29, 1.82) is 0 Å². The maximum atomic E-state index is 11.3. The van der Waals surface area contributed by atoms with Crippen molar-refractivity contribution in [3.05, 3.63) is 0 Å². The Morgan fingerprint density at radius 2 is 1.37 bits per heavy atom. The monoisotopic (exact) mass is 287 g/mol. The summed E-state index contributed by atoms with van der Waals surface area (Å²) in [6.07, 6.45) is 3.10. The molecule has 2 rings (SSSR count). The molecule has 0 saturated carbocycles. The first-order valence-electron chi connectivity index (χ1n) is 6.83. The molecule has 0 spiro atoms. The zero-order valence-corrected chi connectivity index (χ0v) is 12.8. The van der Waals surface area contributed by atoms with Gasteiger partial charge in [-0.2, -0.15) is 13.5 Å². The fourth-order valence-corrected chi connectivity index (χ4v) is 2.88. The quantitative estimate of drug-likeness (QED) is 0.796. The number of nitrogens with one attached hydrogen (secondary N) is 1. The molecular formula is C13H25N3O2S. The van der Waals surface area contributed by atoms with Crippen molar-refractivity contribution in [3.63, 3.8) is 0 Å². The summed E-state index contributed by atoms with van der Waals surface area (Å²) in [4.78, 5) is 26.3. The summed E-state index contributed by atoms with van der Waals surface area (Å²) < 4.78 is 0. The summed E-state index contributed by atoms with van der Waals surface area (Å²) in [7, 11) is 0. The average Bonchev–Trinajstić information content (AvgIpc) is 2.78. The summed E-state index contributed by atoms with van der Waals surface area (Å²) in [5.41, 5.74) is 0. The number of hydrogen-bond donors (Lipinski definition) is 1. The minimum absolute atomic E-state index is 0. The Hall–Kier alpha value is -0.750. The van der Waals surface area contributed by atoms with Crippen LogP contribution in [0.4, 0.5) is 0 Å². The molecule has 0 aromatic heterocycles. The van der Waals surface area contributed by atoms with Gasteiger partial charge in [0.1, 0.15) is 0 Å². The van der Waals surface area contributed by atoms with Gasteiger partial charge in [0, 0.05) is 52.1 Å². The number of rotatable bonds is 2. The largest absolute Gasteiger partial charge is 0.343 e. The second-order valence-electron chi connectivity index (χ2n) is 5.40. The number of nitrogens with zero attached hydrogens (tertiary/aromatic N) is 2. The minimum Gasteiger partial charge on any atom is -0.343 e. The molecular weight excluding hydrogens is 262 g/mol. The molecule has 0 aromatic carbocycles. The highest BCUT2D eigenvalue weighted by atomic mass is 32.1. The molecule has 6 heteroatoms. The Bertz CT molecular complexity index is 330. The summed E-state index contributed by atoms with van der Waals surface area (Å²) in [6.45, 7) is 6.69. The lowest BCUT2D eigenvalue weighted by Crippen LogP contribution is -2.48. The van der Waals surface area contributed by atoms with E-state index < -0.39 is 0 Å². The number of piperidine rings is 1. The third-order valence-electron chi connectivity index (χ3n) is 4.05. The highest BCUT2D eigenvalue weighted by Gasteiger charge is 2.28. The van der Waals surface area contributed by atoms with E-state index in [2.05, 4.69) is 5.32 Å². The third-order valence-corrected chi connectivity index (χ3v) is 4.05. The van der Waals surface area contributed by atoms with Gasteiger partial charge in [-0.05, 0) is 19.3 Å². The summed E-state index contributed by atoms with van der Waals surface area (Å²) in [5.74, 6) is 0.350. The predicted molar refractivity (Wildman–Crippen MR) is 79.5 cm³/mol. The molecule has 1 atom stereocenters. The van der Waals surface area contributed by atoms with Gasteiger partial charge in [-0.15, -0.1) is 0 Å². The number of amides is 2. The highest BCUT2D eigenvalue weighted by molar-refractivity contribution is 7.59. The van der Waals surface area contributed by atoms with Crippen LogP contribution < -0.4 is 5.32 Å². The molecule has 2 aliphatic heterocycles. The standard InChI is InChI=1S/C13H23N3O2.H2S/c1-10(17)15-6-3-12(4-7-15)14-13-5-8-16(9-13)11(2)18;/h12-14H,3-9H2,1-2H3;1H2. The lowest BCUT2D eigenvalue weighted by molar-refractivity contribution is -0.130. The normalized spacial score (nSPS) is 24.2. The average molecular weight is 287 g/mol. The van der Waals surface area contributed by atoms with Gasteiger partial charge in [0.05, 0.1) is 0 Å². The van der Waals surface area contributed by atoms with Crippen LogP contribution in [0, 0.1) is 0 Å². The minimum atomic E-state index is 0. The molecule has 0 bridgehead atoms. The molecule has 110 valence electrons. The topological polar surface area (TPSA) is 52.7 Å². The molecule has 2 amide bonds. The van der Waals surface area contributed by atoms with Crippen LogP contribution in [0.5, 0.6) is 0 Å². The van der Waals surface area contributed by atoms with Crippen molar-refractivity contribution in [3.8, 4) is 0 Å². The third kappa shape index (κ3) is 4.38. The zero-order valence-electron chi connectivity index (χ0n) is 11.8. The van der Waals surface area contributed by atoms with Crippen molar-refractivity contribution in [2.45, 2.75) is 45.2 Å². The lowest BCUT2D eigenvalue weighted by atomic mass is 10.0. The molecule has 1 N–H and O–H groups in total.